The molecule has 0 aliphatic heterocycles. The quantitative estimate of drug-likeness (QED) is 0.588. The highest BCUT2D eigenvalue weighted by atomic mass is 15.3. The van der Waals surface area contributed by atoms with Crippen molar-refractivity contribution in [2.24, 2.45) is 19.9 Å². The van der Waals surface area contributed by atoms with Crippen molar-refractivity contribution in [3.63, 3.8) is 0 Å². The lowest BCUT2D eigenvalue weighted by Crippen LogP contribution is -2.29. The molecule has 6 heteroatoms. The zero-order valence-corrected chi connectivity index (χ0v) is 10.4. The van der Waals surface area contributed by atoms with Gasteiger partial charge in [0.25, 0.3) is 0 Å². The van der Waals surface area contributed by atoms with Gasteiger partial charge in [-0.25, -0.2) is 5.43 Å². The summed E-state index contributed by atoms with van der Waals surface area (Å²) in [7, 11) is 3.81. The van der Waals surface area contributed by atoms with Crippen LogP contribution in [0.5, 0.6) is 0 Å². The Labute approximate surface area is 100 Å². The molecule has 3 N–H and O–H groups in total. The van der Waals surface area contributed by atoms with E-state index in [-0.39, 0.29) is 6.04 Å². The van der Waals surface area contributed by atoms with Crippen LogP contribution in [-0.4, -0.2) is 19.6 Å². The van der Waals surface area contributed by atoms with Crippen molar-refractivity contribution in [2.45, 2.75) is 19.4 Å². The number of hydrogen-bond donors (Lipinski definition) is 2. The zero-order chi connectivity index (χ0) is 12.4. The number of rotatable bonds is 4. The first-order valence-corrected chi connectivity index (χ1v) is 5.62. The highest BCUT2D eigenvalue weighted by Crippen LogP contribution is 2.23. The van der Waals surface area contributed by atoms with Crippen LogP contribution in [0.15, 0.2) is 18.6 Å². The van der Waals surface area contributed by atoms with Crippen LogP contribution in [-0.2, 0) is 20.5 Å². The van der Waals surface area contributed by atoms with Crippen molar-refractivity contribution in [2.75, 3.05) is 0 Å². The summed E-state index contributed by atoms with van der Waals surface area (Å²) in [5.74, 6) is 5.65. The van der Waals surface area contributed by atoms with Crippen LogP contribution in [0.2, 0.25) is 0 Å². The van der Waals surface area contributed by atoms with E-state index in [1.807, 2.05) is 37.4 Å². The van der Waals surface area contributed by atoms with Gasteiger partial charge in [-0.05, 0) is 6.42 Å². The Morgan fingerprint density at radius 1 is 1.35 bits per heavy atom. The van der Waals surface area contributed by atoms with E-state index in [9.17, 15) is 0 Å². The molecule has 17 heavy (non-hydrogen) atoms. The van der Waals surface area contributed by atoms with Gasteiger partial charge in [-0.15, -0.1) is 0 Å². The van der Waals surface area contributed by atoms with Gasteiger partial charge in [0, 0.05) is 37.6 Å². The standard InChI is InChI=1S/C11H18N6/c1-4-10-9(7-17(3)15-10)11(14-12)8-5-13-16(2)6-8/h5-7,11,14H,4,12H2,1-3H3. The van der Waals surface area contributed by atoms with Crippen molar-refractivity contribution >= 4 is 0 Å². The second kappa shape index (κ2) is 4.68. The summed E-state index contributed by atoms with van der Waals surface area (Å²) in [5, 5.41) is 8.59. The van der Waals surface area contributed by atoms with Gasteiger partial charge >= 0.3 is 0 Å². The number of nitrogens with one attached hydrogen (secondary N) is 1. The van der Waals surface area contributed by atoms with Gasteiger partial charge in [0.15, 0.2) is 0 Å². The molecule has 1 unspecified atom stereocenters. The number of hydrazine groups is 1. The first-order chi connectivity index (χ1) is 8.15. The Kier molecular flexibility index (Phi) is 3.26. The summed E-state index contributed by atoms with van der Waals surface area (Å²) in [5.41, 5.74) is 6.03. The van der Waals surface area contributed by atoms with E-state index in [1.54, 1.807) is 4.68 Å². The maximum absolute atomic E-state index is 5.65. The Morgan fingerprint density at radius 3 is 2.65 bits per heavy atom. The van der Waals surface area contributed by atoms with E-state index >= 15 is 0 Å². The molecule has 0 aliphatic carbocycles. The third kappa shape index (κ3) is 2.22. The van der Waals surface area contributed by atoms with Crippen LogP contribution < -0.4 is 11.3 Å². The molecule has 2 aromatic heterocycles. The van der Waals surface area contributed by atoms with E-state index in [1.165, 1.54) is 0 Å². The Morgan fingerprint density at radius 2 is 2.12 bits per heavy atom. The molecule has 0 fully saturated rings. The van der Waals surface area contributed by atoms with E-state index in [0.717, 1.165) is 23.2 Å². The smallest absolute Gasteiger partial charge is 0.0774 e. The van der Waals surface area contributed by atoms with Crippen LogP contribution in [0.4, 0.5) is 0 Å². The molecule has 0 radical (unpaired) electrons. The lowest BCUT2D eigenvalue weighted by molar-refractivity contribution is 0.630. The Bertz CT molecular complexity index is 498. The summed E-state index contributed by atoms with van der Waals surface area (Å²) in [6, 6.07) is -0.0626. The van der Waals surface area contributed by atoms with Gasteiger partial charge in [0.05, 0.1) is 17.9 Å². The van der Waals surface area contributed by atoms with E-state index < -0.39 is 0 Å². The number of aromatic nitrogens is 4. The van der Waals surface area contributed by atoms with Crippen molar-refractivity contribution in [3.8, 4) is 0 Å². The normalized spacial score (nSPS) is 12.9. The minimum atomic E-state index is -0.0626. The molecule has 0 amide bonds. The minimum absolute atomic E-state index is 0.0626. The van der Waals surface area contributed by atoms with Crippen molar-refractivity contribution in [1.82, 2.24) is 25.0 Å². The van der Waals surface area contributed by atoms with Gasteiger partial charge in [-0.1, -0.05) is 6.92 Å². The predicted molar refractivity (Wildman–Crippen MR) is 65.0 cm³/mol. The first kappa shape index (κ1) is 11.8. The summed E-state index contributed by atoms with van der Waals surface area (Å²) in [6.45, 7) is 2.09. The van der Waals surface area contributed by atoms with Crippen LogP contribution in [0.1, 0.15) is 29.8 Å². The first-order valence-electron chi connectivity index (χ1n) is 5.62. The molecule has 2 heterocycles. The summed E-state index contributed by atoms with van der Waals surface area (Å²) in [4.78, 5) is 0. The lowest BCUT2D eigenvalue weighted by Gasteiger charge is -2.13. The van der Waals surface area contributed by atoms with Crippen LogP contribution >= 0.6 is 0 Å². The van der Waals surface area contributed by atoms with E-state index in [2.05, 4.69) is 22.5 Å². The molecular formula is C11H18N6. The molecule has 0 aliphatic rings. The molecular weight excluding hydrogens is 216 g/mol. The highest BCUT2D eigenvalue weighted by molar-refractivity contribution is 5.30. The van der Waals surface area contributed by atoms with Gasteiger partial charge < -0.3 is 0 Å². The molecule has 1 atom stereocenters. The van der Waals surface area contributed by atoms with Gasteiger partial charge in [-0.2, -0.15) is 10.2 Å². The number of hydrogen-bond acceptors (Lipinski definition) is 4. The van der Waals surface area contributed by atoms with Crippen molar-refractivity contribution in [3.05, 3.63) is 35.4 Å². The number of nitrogens with two attached hydrogens (primary N) is 1. The molecule has 0 saturated heterocycles. The highest BCUT2D eigenvalue weighted by Gasteiger charge is 2.19. The molecule has 2 aromatic rings. The Balaban J connectivity index is 2.41. The third-order valence-electron chi connectivity index (χ3n) is 2.81. The maximum atomic E-state index is 5.65. The lowest BCUT2D eigenvalue weighted by atomic mass is 10.0. The van der Waals surface area contributed by atoms with Crippen LogP contribution in [0, 0.1) is 0 Å². The van der Waals surface area contributed by atoms with Crippen LogP contribution in [0.3, 0.4) is 0 Å². The maximum Gasteiger partial charge on any atom is 0.0774 e. The van der Waals surface area contributed by atoms with E-state index in [0.29, 0.717) is 0 Å². The third-order valence-corrected chi connectivity index (χ3v) is 2.81. The molecule has 0 saturated carbocycles. The fourth-order valence-electron chi connectivity index (χ4n) is 2.02. The fraction of sp³-hybridized carbons (Fsp3) is 0.455. The Hall–Kier alpha value is -1.66. The molecule has 0 spiro atoms. The molecule has 0 bridgehead atoms. The summed E-state index contributed by atoms with van der Waals surface area (Å²) in [6.07, 6.45) is 6.65. The van der Waals surface area contributed by atoms with E-state index in [4.69, 9.17) is 5.84 Å². The second-order valence-electron chi connectivity index (χ2n) is 4.11. The molecule has 92 valence electrons. The van der Waals surface area contributed by atoms with Gasteiger partial charge in [0.1, 0.15) is 0 Å². The van der Waals surface area contributed by atoms with Gasteiger partial charge in [0.2, 0.25) is 0 Å². The SMILES string of the molecule is CCc1nn(C)cc1C(NN)c1cnn(C)c1. The van der Waals surface area contributed by atoms with Crippen LogP contribution in [0.25, 0.3) is 0 Å². The van der Waals surface area contributed by atoms with Crippen molar-refractivity contribution < 1.29 is 0 Å². The van der Waals surface area contributed by atoms with Crippen molar-refractivity contribution in [1.29, 1.82) is 0 Å². The average molecular weight is 234 g/mol. The van der Waals surface area contributed by atoms with Gasteiger partial charge in [-0.3, -0.25) is 15.2 Å². The fourth-order valence-corrected chi connectivity index (χ4v) is 2.02. The minimum Gasteiger partial charge on any atom is -0.275 e. The molecule has 0 aromatic carbocycles. The number of aryl methyl sites for hydroxylation is 3. The monoisotopic (exact) mass is 234 g/mol. The summed E-state index contributed by atoms with van der Waals surface area (Å²) >= 11 is 0. The summed E-state index contributed by atoms with van der Waals surface area (Å²) < 4.78 is 3.58. The topological polar surface area (TPSA) is 73.7 Å². The number of nitrogens with zero attached hydrogens (tertiary/aromatic N) is 4. The largest absolute Gasteiger partial charge is 0.275 e. The average Bonchev–Trinajstić information content (AvgIpc) is 2.87. The molecule has 2 rings (SSSR count). The second-order valence-corrected chi connectivity index (χ2v) is 4.11. The predicted octanol–water partition coefficient (Wildman–Crippen LogP) is 0.269. The zero-order valence-electron chi connectivity index (χ0n) is 10.4. The molecule has 6 nitrogen and oxygen atoms in total.